The maximum absolute atomic E-state index is 5.35. The molecule has 1 N–H and O–H groups in total. The Morgan fingerprint density at radius 1 is 1.20 bits per heavy atom. The van der Waals surface area contributed by atoms with Crippen molar-refractivity contribution in [1.82, 2.24) is 14.8 Å². The van der Waals surface area contributed by atoms with E-state index in [1.54, 1.807) is 21.3 Å². The molecule has 0 aliphatic carbocycles. The third-order valence-corrected chi connectivity index (χ3v) is 4.17. The number of nitrogens with zero attached hydrogens (tertiary/aromatic N) is 3. The van der Waals surface area contributed by atoms with Crippen LogP contribution in [0.5, 0.6) is 11.5 Å². The minimum atomic E-state index is 0.748. The molecule has 0 fully saturated rings. The number of rotatable bonds is 7. The van der Waals surface area contributed by atoms with Gasteiger partial charge in [0.2, 0.25) is 0 Å². The fraction of sp³-hybridized carbons (Fsp3) is 0.421. The predicted molar refractivity (Wildman–Crippen MR) is 101 cm³/mol. The molecule has 136 valence electrons. The molecule has 0 radical (unpaired) electrons. The summed E-state index contributed by atoms with van der Waals surface area (Å²) >= 11 is 0. The summed E-state index contributed by atoms with van der Waals surface area (Å²) in [5, 5.41) is 3.41. The van der Waals surface area contributed by atoms with Crippen molar-refractivity contribution in [2.75, 3.05) is 34.9 Å². The summed E-state index contributed by atoms with van der Waals surface area (Å²) in [6.45, 7) is 1.60. The molecule has 6 heteroatoms. The van der Waals surface area contributed by atoms with Gasteiger partial charge in [-0.3, -0.25) is 4.99 Å². The average molecular weight is 344 g/mol. The van der Waals surface area contributed by atoms with Crippen molar-refractivity contribution in [3.05, 3.63) is 47.8 Å². The Labute approximate surface area is 150 Å². The van der Waals surface area contributed by atoms with E-state index >= 15 is 0 Å². The average Bonchev–Trinajstić information content (AvgIpc) is 3.03. The standard InChI is InChI=1S/C19H28N4O2/c1-20-19(23(3)14-16-7-6-12-22(16)2)21-11-10-15-8-9-17(24-4)18(13-15)25-5/h6-9,12-13H,10-11,14H2,1-5H3,(H,20,21). The molecule has 0 aliphatic rings. The monoisotopic (exact) mass is 344 g/mol. The number of hydrogen-bond donors (Lipinski definition) is 1. The Hall–Kier alpha value is -2.63. The number of aromatic nitrogens is 1. The zero-order valence-corrected chi connectivity index (χ0v) is 15.7. The number of aliphatic imine (C=N–C) groups is 1. The van der Waals surface area contributed by atoms with E-state index in [9.17, 15) is 0 Å². The lowest BCUT2D eigenvalue weighted by Crippen LogP contribution is -2.39. The number of methoxy groups -OCH3 is 2. The Bertz CT molecular complexity index is 709. The van der Waals surface area contributed by atoms with Crippen LogP contribution in [0.3, 0.4) is 0 Å². The molecule has 25 heavy (non-hydrogen) atoms. The molecule has 1 aromatic carbocycles. The fourth-order valence-corrected chi connectivity index (χ4v) is 2.72. The first-order valence-corrected chi connectivity index (χ1v) is 8.32. The largest absolute Gasteiger partial charge is 0.493 e. The molecule has 1 heterocycles. The lowest BCUT2D eigenvalue weighted by atomic mass is 10.1. The van der Waals surface area contributed by atoms with Crippen LogP contribution in [-0.2, 0) is 20.0 Å². The number of benzene rings is 1. The second kappa shape index (κ2) is 9.01. The highest BCUT2D eigenvalue weighted by Crippen LogP contribution is 2.27. The van der Waals surface area contributed by atoms with Gasteiger partial charge in [0.1, 0.15) is 0 Å². The number of ether oxygens (including phenoxy) is 2. The van der Waals surface area contributed by atoms with E-state index in [1.807, 2.05) is 19.2 Å². The van der Waals surface area contributed by atoms with Crippen LogP contribution >= 0.6 is 0 Å². The van der Waals surface area contributed by atoms with Crippen molar-refractivity contribution in [3.8, 4) is 11.5 Å². The summed E-state index contributed by atoms with van der Waals surface area (Å²) in [6.07, 6.45) is 2.92. The summed E-state index contributed by atoms with van der Waals surface area (Å²) in [6, 6.07) is 10.2. The molecule has 0 bridgehead atoms. The van der Waals surface area contributed by atoms with Crippen LogP contribution in [0.2, 0.25) is 0 Å². The summed E-state index contributed by atoms with van der Waals surface area (Å²) in [5.74, 6) is 2.38. The van der Waals surface area contributed by atoms with E-state index in [-0.39, 0.29) is 0 Å². The van der Waals surface area contributed by atoms with Crippen molar-refractivity contribution in [3.63, 3.8) is 0 Å². The molecule has 2 aromatic rings. The highest BCUT2D eigenvalue weighted by Gasteiger charge is 2.09. The molecule has 2 rings (SSSR count). The van der Waals surface area contributed by atoms with Crippen molar-refractivity contribution in [2.24, 2.45) is 12.0 Å². The van der Waals surface area contributed by atoms with Crippen LogP contribution in [0.15, 0.2) is 41.5 Å². The Kier molecular flexibility index (Phi) is 6.74. The van der Waals surface area contributed by atoms with Crippen molar-refractivity contribution in [2.45, 2.75) is 13.0 Å². The van der Waals surface area contributed by atoms with Crippen LogP contribution in [0, 0.1) is 0 Å². The van der Waals surface area contributed by atoms with Gasteiger partial charge in [-0.25, -0.2) is 0 Å². The molecule has 0 saturated carbocycles. The molecular formula is C19H28N4O2. The van der Waals surface area contributed by atoms with Gasteiger partial charge < -0.3 is 24.3 Å². The van der Waals surface area contributed by atoms with Gasteiger partial charge in [-0.05, 0) is 36.2 Å². The minimum Gasteiger partial charge on any atom is -0.493 e. The second-order valence-corrected chi connectivity index (χ2v) is 5.88. The molecule has 6 nitrogen and oxygen atoms in total. The summed E-state index contributed by atoms with van der Waals surface area (Å²) in [7, 11) is 9.20. The van der Waals surface area contributed by atoms with Gasteiger partial charge in [0, 0.05) is 39.6 Å². The first-order valence-electron chi connectivity index (χ1n) is 8.32. The number of guanidine groups is 1. The fourth-order valence-electron chi connectivity index (χ4n) is 2.72. The van der Waals surface area contributed by atoms with Crippen LogP contribution in [0.1, 0.15) is 11.3 Å². The Morgan fingerprint density at radius 3 is 2.56 bits per heavy atom. The lowest BCUT2D eigenvalue weighted by Gasteiger charge is -2.22. The van der Waals surface area contributed by atoms with Gasteiger partial charge in [0.15, 0.2) is 17.5 Å². The normalized spacial score (nSPS) is 11.3. The van der Waals surface area contributed by atoms with Crippen LogP contribution in [0.4, 0.5) is 0 Å². The second-order valence-electron chi connectivity index (χ2n) is 5.88. The molecule has 0 atom stereocenters. The first-order chi connectivity index (χ1) is 12.1. The van der Waals surface area contributed by atoms with E-state index in [0.29, 0.717) is 0 Å². The third kappa shape index (κ3) is 4.92. The predicted octanol–water partition coefficient (Wildman–Crippen LogP) is 2.29. The highest BCUT2D eigenvalue weighted by atomic mass is 16.5. The van der Waals surface area contributed by atoms with Crippen LogP contribution < -0.4 is 14.8 Å². The zero-order chi connectivity index (χ0) is 18.2. The van der Waals surface area contributed by atoms with Crippen LogP contribution in [0.25, 0.3) is 0 Å². The molecule has 0 amide bonds. The lowest BCUT2D eigenvalue weighted by molar-refractivity contribution is 0.354. The highest BCUT2D eigenvalue weighted by molar-refractivity contribution is 5.79. The van der Waals surface area contributed by atoms with Gasteiger partial charge in [0.05, 0.1) is 20.8 Å². The number of nitrogens with one attached hydrogen (secondary N) is 1. The molecule has 1 aromatic heterocycles. The molecule has 0 saturated heterocycles. The summed E-state index contributed by atoms with van der Waals surface area (Å²) in [4.78, 5) is 6.48. The third-order valence-electron chi connectivity index (χ3n) is 4.17. The van der Waals surface area contributed by atoms with Crippen LogP contribution in [-0.4, -0.2) is 50.3 Å². The zero-order valence-electron chi connectivity index (χ0n) is 15.7. The van der Waals surface area contributed by atoms with Gasteiger partial charge >= 0.3 is 0 Å². The van der Waals surface area contributed by atoms with Gasteiger partial charge in [-0.2, -0.15) is 0 Å². The topological polar surface area (TPSA) is 51.0 Å². The first kappa shape index (κ1) is 18.7. The van der Waals surface area contributed by atoms with Crippen molar-refractivity contribution in [1.29, 1.82) is 0 Å². The van der Waals surface area contributed by atoms with E-state index in [2.05, 4.69) is 51.2 Å². The van der Waals surface area contributed by atoms with E-state index < -0.39 is 0 Å². The molecular weight excluding hydrogens is 316 g/mol. The van der Waals surface area contributed by atoms with Crippen molar-refractivity contribution < 1.29 is 9.47 Å². The Morgan fingerprint density at radius 2 is 1.96 bits per heavy atom. The molecule has 0 aliphatic heterocycles. The van der Waals surface area contributed by atoms with Gasteiger partial charge in [-0.15, -0.1) is 0 Å². The quantitative estimate of drug-likeness (QED) is 0.618. The maximum Gasteiger partial charge on any atom is 0.193 e. The molecule has 0 unspecified atom stereocenters. The van der Waals surface area contributed by atoms with E-state index in [0.717, 1.165) is 37.0 Å². The van der Waals surface area contributed by atoms with Gasteiger partial charge in [0.25, 0.3) is 0 Å². The number of aryl methyl sites for hydroxylation is 1. The smallest absolute Gasteiger partial charge is 0.193 e. The Balaban J connectivity index is 1.89. The summed E-state index contributed by atoms with van der Waals surface area (Å²) in [5.41, 5.74) is 2.43. The van der Waals surface area contributed by atoms with E-state index in [4.69, 9.17) is 9.47 Å². The summed E-state index contributed by atoms with van der Waals surface area (Å²) < 4.78 is 12.7. The minimum absolute atomic E-state index is 0.748. The van der Waals surface area contributed by atoms with Gasteiger partial charge in [-0.1, -0.05) is 6.07 Å². The van der Waals surface area contributed by atoms with Crippen molar-refractivity contribution >= 4 is 5.96 Å². The SMILES string of the molecule is CN=C(NCCc1ccc(OC)c(OC)c1)N(C)Cc1cccn1C. The number of hydrogen-bond acceptors (Lipinski definition) is 3. The molecule has 0 spiro atoms. The van der Waals surface area contributed by atoms with E-state index in [1.165, 1.54) is 11.3 Å². The maximum atomic E-state index is 5.35.